The summed E-state index contributed by atoms with van der Waals surface area (Å²) in [5, 5.41) is 9.38. The summed E-state index contributed by atoms with van der Waals surface area (Å²) in [4.78, 5) is 25.8. The second-order valence-electron chi connectivity index (χ2n) is 6.52. The fraction of sp³-hybridized carbons (Fsp3) is 0.500. The van der Waals surface area contributed by atoms with E-state index in [1.54, 1.807) is 25.1 Å². The molecule has 0 bridgehead atoms. The third kappa shape index (κ3) is 6.22. The normalized spacial score (nSPS) is 17.9. The first kappa shape index (κ1) is 21.2. The molecule has 1 atom stereocenters. The first-order valence-corrected chi connectivity index (χ1v) is 10.7. The Balaban J connectivity index is 1.96. The number of hydrogen-bond acceptors (Lipinski definition) is 6. The van der Waals surface area contributed by atoms with Gasteiger partial charge in [0.15, 0.2) is 16.4 Å². The highest BCUT2D eigenvalue weighted by Gasteiger charge is 2.30. The molecule has 1 aliphatic heterocycles. The molecule has 0 aliphatic carbocycles. The number of nitriles is 1. The molecule has 9 heteroatoms. The van der Waals surface area contributed by atoms with E-state index in [-0.39, 0.29) is 36.8 Å². The van der Waals surface area contributed by atoms with E-state index in [1.807, 2.05) is 6.07 Å². The van der Waals surface area contributed by atoms with E-state index in [2.05, 4.69) is 0 Å². The Hall–Kier alpha value is -2.11. The molecule has 7 nitrogen and oxygen atoms in total. The average Bonchev–Trinajstić information content (AvgIpc) is 2.94. The number of aryl methyl sites for hydroxylation is 1. The lowest BCUT2D eigenvalue weighted by molar-refractivity contribution is -0.148. The van der Waals surface area contributed by atoms with Crippen LogP contribution in [0.4, 0.5) is 5.69 Å². The van der Waals surface area contributed by atoms with E-state index in [9.17, 15) is 18.0 Å². The van der Waals surface area contributed by atoms with Gasteiger partial charge in [-0.2, -0.15) is 5.26 Å². The van der Waals surface area contributed by atoms with Gasteiger partial charge in [-0.1, -0.05) is 11.6 Å². The zero-order chi connectivity index (χ0) is 20.0. The second-order valence-corrected chi connectivity index (χ2v) is 9.16. The zero-order valence-electron chi connectivity index (χ0n) is 15.0. The number of esters is 1. The molecule has 0 saturated carbocycles. The molecule has 2 rings (SSSR count). The summed E-state index contributed by atoms with van der Waals surface area (Å²) >= 11 is 6.01. The average molecular weight is 413 g/mol. The number of anilines is 1. The van der Waals surface area contributed by atoms with Crippen molar-refractivity contribution in [3.05, 3.63) is 28.8 Å². The molecule has 0 aromatic heterocycles. The van der Waals surface area contributed by atoms with Gasteiger partial charge in [-0.05, 0) is 43.0 Å². The fourth-order valence-electron chi connectivity index (χ4n) is 2.90. The molecule has 146 valence electrons. The number of amides is 1. The van der Waals surface area contributed by atoms with Crippen molar-refractivity contribution in [1.29, 1.82) is 5.26 Å². The molecule has 1 fully saturated rings. The van der Waals surface area contributed by atoms with Gasteiger partial charge in [0.1, 0.15) is 0 Å². The highest BCUT2D eigenvalue weighted by molar-refractivity contribution is 7.91. The van der Waals surface area contributed by atoms with E-state index in [0.717, 1.165) is 5.56 Å². The number of carbonyl (C=O) groups excluding carboxylic acids is 2. The van der Waals surface area contributed by atoms with Crippen molar-refractivity contribution in [3.8, 4) is 6.07 Å². The van der Waals surface area contributed by atoms with Gasteiger partial charge < -0.3 is 9.64 Å². The zero-order valence-corrected chi connectivity index (χ0v) is 16.6. The molecule has 1 heterocycles. The molecule has 0 spiro atoms. The highest BCUT2D eigenvalue weighted by atomic mass is 35.5. The van der Waals surface area contributed by atoms with Crippen LogP contribution in [0.25, 0.3) is 0 Å². The SMILES string of the molecule is Cc1cc(N(CCC#N)C(=O)COC(=O)CC2CCS(=O)(=O)C2)ccc1Cl. The molecular weight excluding hydrogens is 392 g/mol. The molecule has 1 saturated heterocycles. The Morgan fingerprint density at radius 1 is 1.41 bits per heavy atom. The third-order valence-electron chi connectivity index (χ3n) is 4.34. The number of benzene rings is 1. The lowest BCUT2D eigenvalue weighted by atomic mass is 10.1. The summed E-state index contributed by atoms with van der Waals surface area (Å²) in [6.07, 6.45) is 0.537. The van der Waals surface area contributed by atoms with Crippen LogP contribution in [-0.2, 0) is 24.2 Å². The van der Waals surface area contributed by atoms with Crippen molar-refractivity contribution in [2.24, 2.45) is 5.92 Å². The van der Waals surface area contributed by atoms with Crippen LogP contribution in [0.5, 0.6) is 0 Å². The lowest BCUT2D eigenvalue weighted by Crippen LogP contribution is -2.35. The minimum atomic E-state index is -3.06. The Kier molecular flexibility index (Phi) is 7.22. The van der Waals surface area contributed by atoms with E-state index in [0.29, 0.717) is 17.1 Å². The second kappa shape index (κ2) is 9.20. The Bertz CT molecular complexity index is 863. The fourth-order valence-corrected chi connectivity index (χ4v) is 4.88. The van der Waals surface area contributed by atoms with Crippen molar-refractivity contribution in [3.63, 3.8) is 0 Å². The number of ether oxygens (including phenoxy) is 1. The van der Waals surface area contributed by atoms with Gasteiger partial charge in [0.05, 0.1) is 24.0 Å². The molecule has 1 amide bonds. The first-order valence-electron chi connectivity index (χ1n) is 8.51. The van der Waals surface area contributed by atoms with Gasteiger partial charge in [-0.3, -0.25) is 9.59 Å². The van der Waals surface area contributed by atoms with E-state index in [1.165, 1.54) is 4.90 Å². The van der Waals surface area contributed by atoms with Crippen LogP contribution in [0, 0.1) is 24.2 Å². The molecule has 1 unspecified atom stereocenters. The van der Waals surface area contributed by atoms with Crippen molar-refractivity contribution in [1.82, 2.24) is 0 Å². The van der Waals surface area contributed by atoms with Crippen LogP contribution in [0.2, 0.25) is 5.02 Å². The van der Waals surface area contributed by atoms with Crippen LogP contribution >= 0.6 is 11.6 Å². The van der Waals surface area contributed by atoms with Crippen LogP contribution in [0.1, 0.15) is 24.8 Å². The summed E-state index contributed by atoms with van der Waals surface area (Å²) in [7, 11) is -3.06. The van der Waals surface area contributed by atoms with Gasteiger partial charge >= 0.3 is 5.97 Å². The highest BCUT2D eigenvalue weighted by Crippen LogP contribution is 2.24. The minimum Gasteiger partial charge on any atom is -0.456 e. The standard InChI is InChI=1S/C18H21ClN2O5S/c1-13-9-15(3-4-16(13)19)21(7-2-6-20)17(22)11-26-18(23)10-14-5-8-27(24,25)12-14/h3-4,9,14H,2,5,7-8,10-12H2,1H3. The molecule has 27 heavy (non-hydrogen) atoms. The number of nitrogens with zero attached hydrogens (tertiary/aromatic N) is 2. The molecular formula is C18H21ClN2O5S. The van der Waals surface area contributed by atoms with Gasteiger partial charge in [0.2, 0.25) is 0 Å². The summed E-state index contributed by atoms with van der Waals surface area (Å²) in [5.41, 5.74) is 1.35. The van der Waals surface area contributed by atoms with Crippen LogP contribution in [0.15, 0.2) is 18.2 Å². The summed E-state index contributed by atoms with van der Waals surface area (Å²) in [6, 6.07) is 7.03. The quantitative estimate of drug-likeness (QED) is 0.636. The first-order chi connectivity index (χ1) is 12.7. The van der Waals surface area contributed by atoms with Crippen LogP contribution in [0.3, 0.4) is 0 Å². The summed E-state index contributed by atoms with van der Waals surface area (Å²) in [5.74, 6) is -1.25. The number of carbonyl (C=O) groups is 2. The third-order valence-corrected chi connectivity index (χ3v) is 6.60. The Morgan fingerprint density at radius 2 is 2.15 bits per heavy atom. The van der Waals surface area contributed by atoms with Crippen LogP contribution < -0.4 is 4.90 Å². The van der Waals surface area contributed by atoms with Crippen LogP contribution in [-0.4, -0.2) is 45.0 Å². The summed E-state index contributed by atoms with van der Waals surface area (Å²) < 4.78 is 27.9. The molecule has 1 aromatic rings. The summed E-state index contributed by atoms with van der Waals surface area (Å²) in [6.45, 7) is 1.49. The predicted molar refractivity (Wildman–Crippen MR) is 101 cm³/mol. The molecule has 0 radical (unpaired) electrons. The Labute approximate surface area is 163 Å². The van der Waals surface area contributed by atoms with E-state index in [4.69, 9.17) is 21.6 Å². The van der Waals surface area contributed by atoms with Gasteiger partial charge in [0.25, 0.3) is 5.91 Å². The van der Waals surface area contributed by atoms with Crippen molar-refractivity contribution < 1.29 is 22.7 Å². The smallest absolute Gasteiger partial charge is 0.306 e. The largest absolute Gasteiger partial charge is 0.456 e. The maximum absolute atomic E-state index is 12.5. The maximum atomic E-state index is 12.5. The van der Waals surface area contributed by atoms with Crippen molar-refractivity contribution >= 4 is 39.0 Å². The maximum Gasteiger partial charge on any atom is 0.306 e. The number of rotatable bonds is 7. The van der Waals surface area contributed by atoms with Gasteiger partial charge in [-0.25, -0.2) is 8.42 Å². The van der Waals surface area contributed by atoms with Gasteiger partial charge in [-0.15, -0.1) is 0 Å². The van der Waals surface area contributed by atoms with Crippen molar-refractivity contribution in [2.75, 3.05) is 29.6 Å². The Morgan fingerprint density at radius 3 is 2.74 bits per heavy atom. The molecule has 0 N–H and O–H groups in total. The van der Waals surface area contributed by atoms with Gasteiger partial charge in [0, 0.05) is 23.7 Å². The number of sulfone groups is 1. The monoisotopic (exact) mass is 412 g/mol. The minimum absolute atomic E-state index is 0.0195. The molecule has 1 aromatic carbocycles. The topological polar surface area (TPSA) is 105 Å². The number of hydrogen-bond donors (Lipinski definition) is 0. The molecule has 1 aliphatic rings. The van der Waals surface area contributed by atoms with E-state index < -0.39 is 28.3 Å². The number of halogens is 1. The van der Waals surface area contributed by atoms with Crippen molar-refractivity contribution in [2.45, 2.75) is 26.2 Å². The lowest BCUT2D eigenvalue weighted by Gasteiger charge is -2.22. The predicted octanol–water partition coefficient (Wildman–Crippen LogP) is 2.26. The van der Waals surface area contributed by atoms with E-state index >= 15 is 0 Å².